The van der Waals surface area contributed by atoms with Crippen LogP contribution in [-0.4, -0.2) is 28.7 Å². The zero-order chi connectivity index (χ0) is 18.2. The second kappa shape index (κ2) is 10.2. The maximum atomic E-state index is 13.6. The molecule has 6 heteroatoms. The Bertz CT molecular complexity index is 485. The lowest BCUT2D eigenvalue weighted by atomic mass is 10.0. The van der Waals surface area contributed by atoms with Crippen LogP contribution in [0.4, 0.5) is 8.78 Å². The molecule has 0 fully saturated rings. The second-order valence-electron chi connectivity index (χ2n) is 6.52. The molecule has 0 unspecified atom stereocenters. The first-order chi connectivity index (χ1) is 11.3. The van der Waals surface area contributed by atoms with Crippen LogP contribution in [-0.2, 0) is 20.3 Å². The predicted octanol–water partition coefficient (Wildman–Crippen LogP) is 3.87. The van der Waals surface area contributed by atoms with Crippen LogP contribution >= 0.6 is 0 Å². The molecular formula is C18H30F2O3Si. The Morgan fingerprint density at radius 1 is 1.00 bits per heavy atom. The molecule has 0 saturated carbocycles. The Morgan fingerprint density at radius 2 is 1.62 bits per heavy atom. The molecular weight excluding hydrogens is 330 g/mol. The third-order valence-electron chi connectivity index (χ3n) is 3.59. The number of aryl methyl sites for hydroxylation is 1. The number of halogens is 2. The van der Waals surface area contributed by atoms with Crippen LogP contribution in [0.15, 0.2) is 18.2 Å². The van der Waals surface area contributed by atoms with Crippen LogP contribution in [0, 0.1) is 11.6 Å². The van der Waals surface area contributed by atoms with Crippen molar-refractivity contribution in [1.29, 1.82) is 0 Å². The Hall–Kier alpha value is -0.823. The monoisotopic (exact) mass is 360 g/mol. The topological polar surface area (TPSA) is 27.7 Å². The van der Waals surface area contributed by atoms with E-state index in [1.807, 2.05) is 27.7 Å². The van der Waals surface area contributed by atoms with Crippen molar-refractivity contribution in [3.8, 4) is 0 Å². The molecule has 0 aromatic heterocycles. The van der Waals surface area contributed by atoms with Crippen LogP contribution in [0.3, 0.4) is 0 Å². The fourth-order valence-electron chi connectivity index (χ4n) is 2.62. The quantitative estimate of drug-likeness (QED) is 0.341. The average Bonchev–Trinajstić information content (AvgIpc) is 2.47. The van der Waals surface area contributed by atoms with Crippen LogP contribution in [0.5, 0.6) is 0 Å². The maximum absolute atomic E-state index is 13.6. The van der Waals surface area contributed by atoms with E-state index in [1.54, 1.807) is 0 Å². The molecule has 1 aromatic carbocycles. The van der Waals surface area contributed by atoms with Crippen molar-refractivity contribution in [3.63, 3.8) is 0 Å². The van der Waals surface area contributed by atoms with E-state index in [1.165, 1.54) is 12.1 Å². The lowest BCUT2D eigenvalue weighted by Crippen LogP contribution is -2.42. The van der Waals surface area contributed by atoms with Crippen molar-refractivity contribution in [1.82, 2.24) is 0 Å². The van der Waals surface area contributed by atoms with Gasteiger partial charge in [-0.2, -0.15) is 0 Å². The van der Waals surface area contributed by atoms with Crippen molar-refractivity contribution in [2.45, 2.75) is 78.0 Å². The molecule has 0 heterocycles. The van der Waals surface area contributed by atoms with Crippen molar-refractivity contribution >= 4 is 10.5 Å². The first-order valence-corrected chi connectivity index (χ1v) is 9.44. The summed E-state index contributed by atoms with van der Waals surface area (Å²) in [5, 5.41) is 0. The Balaban J connectivity index is 2.46. The zero-order valence-electron chi connectivity index (χ0n) is 15.4. The molecule has 0 amide bonds. The summed E-state index contributed by atoms with van der Waals surface area (Å²) in [6, 6.07) is 3.74. The lowest BCUT2D eigenvalue weighted by molar-refractivity contribution is -0.369. The van der Waals surface area contributed by atoms with Crippen molar-refractivity contribution in [3.05, 3.63) is 35.4 Å². The number of unbranched alkanes of at least 4 members (excludes halogenated alkanes) is 2. The Kier molecular flexibility index (Phi) is 9.05. The van der Waals surface area contributed by atoms with Gasteiger partial charge in [-0.15, -0.1) is 0 Å². The molecule has 0 radical (unpaired) electrons. The average molecular weight is 361 g/mol. The minimum atomic E-state index is -0.977. The van der Waals surface area contributed by atoms with Gasteiger partial charge in [-0.3, -0.25) is 0 Å². The van der Waals surface area contributed by atoms with E-state index in [9.17, 15) is 8.78 Å². The van der Waals surface area contributed by atoms with Crippen molar-refractivity contribution in [2.24, 2.45) is 0 Å². The summed E-state index contributed by atoms with van der Waals surface area (Å²) in [6.45, 7) is 7.82. The molecule has 0 aliphatic rings. The third kappa shape index (κ3) is 7.38. The van der Waals surface area contributed by atoms with Gasteiger partial charge in [0.2, 0.25) is 0 Å². The first-order valence-electron chi connectivity index (χ1n) is 8.62. The molecule has 1 aromatic rings. The minimum absolute atomic E-state index is 0.00557. The van der Waals surface area contributed by atoms with Gasteiger partial charge in [-0.25, -0.2) is 8.78 Å². The molecule has 0 N–H and O–H groups in total. The van der Waals surface area contributed by atoms with Gasteiger partial charge in [0.05, 0.1) is 12.2 Å². The lowest BCUT2D eigenvalue weighted by Gasteiger charge is -2.36. The van der Waals surface area contributed by atoms with Crippen LogP contribution < -0.4 is 0 Å². The molecule has 0 bridgehead atoms. The van der Waals surface area contributed by atoms with Gasteiger partial charge >= 0.3 is 0 Å². The van der Waals surface area contributed by atoms with Gasteiger partial charge in [-0.05, 0) is 58.6 Å². The van der Waals surface area contributed by atoms with Gasteiger partial charge in [0.15, 0.2) is 10.5 Å². The molecule has 138 valence electrons. The van der Waals surface area contributed by atoms with Gasteiger partial charge in [0.25, 0.3) is 5.97 Å². The van der Waals surface area contributed by atoms with Crippen LogP contribution in [0.1, 0.15) is 58.9 Å². The molecule has 0 atom stereocenters. The molecule has 24 heavy (non-hydrogen) atoms. The molecule has 0 spiro atoms. The number of hydrogen-bond donors (Lipinski definition) is 0. The van der Waals surface area contributed by atoms with E-state index in [0.717, 1.165) is 25.3 Å². The van der Waals surface area contributed by atoms with Crippen molar-refractivity contribution in [2.75, 3.05) is 0 Å². The van der Waals surface area contributed by atoms with E-state index >= 15 is 0 Å². The smallest absolute Gasteiger partial charge is 0.273 e. The normalized spacial score (nSPS) is 12.5. The summed E-state index contributed by atoms with van der Waals surface area (Å²) < 4.78 is 43.9. The van der Waals surface area contributed by atoms with Gasteiger partial charge in [0, 0.05) is 12.5 Å². The molecule has 0 saturated heterocycles. The first kappa shape index (κ1) is 21.2. The predicted molar refractivity (Wildman–Crippen MR) is 94.7 cm³/mol. The zero-order valence-corrected chi connectivity index (χ0v) is 17.4. The fraction of sp³-hybridized carbons (Fsp3) is 0.667. The van der Waals surface area contributed by atoms with E-state index in [0.29, 0.717) is 28.9 Å². The van der Waals surface area contributed by atoms with E-state index in [4.69, 9.17) is 13.9 Å². The highest BCUT2D eigenvalue weighted by Crippen LogP contribution is 2.26. The summed E-state index contributed by atoms with van der Waals surface area (Å²) in [5.41, 5.74) is 0.554. The Morgan fingerprint density at radius 3 is 2.12 bits per heavy atom. The number of ether oxygens (including phenoxy) is 2. The summed E-state index contributed by atoms with van der Waals surface area (Å²) in [4.78, 5) is 0. The molecule has 0 aliphatic carbocycles. The Labute approximate surface area is 147 Å². The highest BCUT2D eigenvalue weighted by Gasteiger charge is 2.33. The standard InChI is InChI=1S/C18H30F2O3Si/c1-13(2)21-18(23-24,22-14(3)4)11-7-5-6-8-15-9-10-16(19)12-17(15)20/h9-10,12-14H,5-8,11H2,1-4,24H3. The van der Waals surface area contributed by atoms with E-state index in [2.05, 4.69) is 0 Å². The van der Waals surface area contributed by atoms with Crippen molar-refractivity contribution < 1.29 is 22.7 Å². The number of hydrogen-bond acceptors (Lipinski definition) is 3. The second-order valence-corrected chi connectivity index (χ2v) is 6.92. The largest absolute Gasteiger partial charge is 0.380 e. The third-order valence-corrected chi connectivity index (χ3v) is 4.21. The van der Waals surface area contributed by atoms with Gasteiger partial charge < -0.3 is 13.9 Å². The highest BCUT2D eigenvalue weighted by atomic mass is 28.2. The van der Waals surface area contributed by atoms with Gasteiger partial charge in [0.1, 0.15) is 11.6 Å². The summed E-state index contributed by atoms with van der Waals surface area (Å²) >= 11 is 0. The van der Waals surface area contributed by atoms with E-state index in [-0.39, 0.29) is 12.2 Å². The molecule has 3 nitrogen and oxygen atoms in total. The number of rotatable bonds is 11. The summed E-state index contributed by atoms with van der Waals surface area (Å²) in [7, 11) is 0.519. The molecule has 0 aliphatic heterocycles. The maximum Gasteiger partial charge on any atom is 0.273 e. The van der Waals surface area contributed by atoms with Crippen LogP contribution in [0.25, 0.3) is 0 Å². The summed E-state index contributed by atoms with van der Waals surface area (Å²) in [6.07, 6.45) is 3.81. The fourth-order valence-corrected chi connectivity index (χ4v) is 3.02. The SMILES string of the molecule is CC(C)OC(CCCCCc1ccc(F)cc1F)(O[SiH3])OC(C)C. The van der Waals surface area contributed by atoms with Gasteiger partial charge in [-0.1, -0.05) is 12.5 Å². The van der Waals surface area contributed by atoms with Crippen LogP contribution in [0.2, 0.25) is 0 Å². The minimum Gasteiger partial charge on any atom is -0.380 e. The van der Waals surface area contributed by atoms with E-state index < -0.39 is 17.6 Å². The molecule has 1 rings (SSSR count). The number of benzene rings is 1. The summed E-state index contributed by atoms with van der Waals surface area (Å²) in [5.74, 6) is -1.99. The highest BCUT2D eigenvalue weighted by molar-refractivity contribution is 5.98.